The van der Waals surface area contributed by atoms with Crippen molar-refractivity contribution in [2.45, 2.75) is 19.4 Å². The maximum atomic E-state index is 13.1. The molecule has 6 nitrogen and oxygen atoms in total. The van der Waals surface area contributed by atoms with Crippen LogP contribution in [0, 0.1) is 35.5 Å². The molecule has 0 aromatic heterocycles. The van der Waals surface area contributed by atoms with Crippen LogP contribution < -0.4 is 10.1 Å². The van der Waals surface area contributed by atoms with E-state index in [1.54, 1.807) is 25.1 Å². The molecule has 2 saturated carbocycles. The molecule has 1 aromatic rings. The van der Waals surface area contributed by atoms with Crippen LogP contribution in [-0.4, -0.2) is 35.8 Å². The Labute approximate surface area is 157 Å². The third-order valence-corrected chi connectivity index (χ3v) is 6.83. The van der Waals surface area contributed by atoms with Gasteiger partial charge in [0.15, 0.2) is 0 Å². The number of para-hydroxylation sites is 2. The highest BCUT2D eigenvalue weighted by Crippen LogP contribution is 2.65. The Kier molecular flexibility index (Phi) is 3.48. The zero-order valence-corrected chi connectivity index (χ0v) is 15.3. The normalized spacial score (nSPS) is 36.3. The van der Waals surface area contributed by atoms with Crippen molar-refractivity contribution in [3.05, 3.63) is 36.4 Å². The summed E-state index contributed by atoms with van der Waals surface area (Å²) >= 11 is 0. The molecule has 140 valence electrons. The van der Waals surface area contributed by atoms with Crippen molar-refractivity contribution in [3.63, 3.8) is 0 Å². The molecule has 7 atom stereocenters. The number of nitrogens with one attached hydrogen (secondary N) is 1. The number of rotatable bonds is 4. The number of likely N-dealkylation sites (tertiary alicyclic amines) is 1. The molecule has 0 unspecified atom stereocenters. The van der Waals surface area contributed by atoms with Crippen molar-refractivity contribution in [1.29, 1.82) is 0 Å². The van der Waals surface area contributed by atoms with Gasteiger partial charge in [0.1, 0.15) is 11.8 Å². The lowest BCUT2D eigenvalue weighted by atomic mass is 9.63. The van der Waals surface area contributed by atoms with Crippen LogP contribution in [0.25, 0.3) is 0 Å². The van der Waals surface area contributed by atoms with Gasteiger partial charge in [-0.2, -0.15) is 0 Å². The summed E-state index contributed by atoms with van der Waals surface area (Å²) in [5.74, 6) is 0.655. The minimum atomic E-state index is -0.851. The number of carbonyl (C=O) groups is 3. The van der Waals surface area contributed by atoms with E-state index in [0.717, 1.165) is 6.42 Å². The highest BCUT2D eigenvalue weighted by atomic mass is 16.5. The molecular formula is C21H22N2O4. The number of hydrogen-bond acceptors (Lipinski definition) is 4. The fraction of sp³-hybridized carbons (Fsp3) is 0.476. The lowest BCUT2D eigenvalue weighted by molar-refractivity contribution is -0.146. The Balaban J connectivity index is 1.38. The predicted molar refractivity (Wildman–Crippen MR) is 97.6 cm³/mol. The molecule has 4 aliphatic carbocycles. The number of allylic oxidation sites excluding steroid dienone is 2. The first-order chi connectivity index (χ1) is 13.0. The molecule has 1 heterocycles. The first-order valence-electron chi connectivity index (χ1n) is 9.52. The fourth-order valence-corrected chi connectivity index (χ4v) is 5.46. The van der Waals surface area contributed by atoms with Gasteiger partial charge in [-0.3, -0.25) is 19.3 Å². The summed E-state index contributed by atoms with van der Waals surface area (Å²) in [6.07, 6.45) is 5.39. The molecule has 27 heavy (non-hydrogen) atoms. The summed E-state index contributed by atoms with van der Waals surface area (Å²) in [7, 11) is 1.53. The van der Waals surface area contributed by atoms with Gasteiger partial charge in [0.2, 0.25) is 17.7 Å². The van der Waals surface area contributed by atoms with Gasteiger partial charge in [0.05, 0.1) is 24.6 Å². The second-order valence-electron chi connectivity index (χ2n) is 8.07. The number of anilines is 1. The number of hydrogen-bond donors (Lipinski definition) is 1. The van der Waals surface area contributed by atoms with Crippen molar-refractivity contribution >= 4 is 23.4 Å². The van der Waals surface area contributed by atoms with E-state index in [1.807, 2.05) is 6.07 Å². The standard InChI is InChI=1S/C21H22N2O4/c1-10(19(24)22-15-5-3-4-6-16(15)27-2)23-20(25)17-11-7-8-12(14-9-13(11)14)18(17)21(23)26/h3-8,10-14,17-18H,9H2,1-2H3,(H,22,24)/t10-,11+,12+,13+,14+,17-,18+/m0/s1. The van der Waals surface area contributed by atoms with E-state index in [-0.39, 0.29) is 41.4 Å². The zero-order chi connectivity index (χ0) is 18.9. The van der Waals surface area contributed by atoms with Crippen molar-refractivity contribution in [2.75, 3.05) is 12.4 Å². The Morgan fingerprint density at radius 3 is 2.30 bits per heavy atom. The quantitative estimate of drug-likeness (QED) is 0.654. The van der Waals surface area contributed by atoms with Crippen molar-refractivity contribution < 1.29 is 19.1 Å². The molecule has 0 radical (unpaired) electrons. The minimum Gasteiger partial charge on any atom is -0.495 e. The number of methoxy groups -OCH3 is 1. The molecule has 5 aliphatic rings. The van der Waals surface area contributed by atoms with E-state index in [4.69, 9.17) is 4.74 Å². The Morgan fingerprint density at radius 2 is 1.70 bits per heavy atom. The van der Waals surface area contributed by atoms with E-state index in [1.165, 1.54) is 12.0 Å². The molecule has 1 N–H and O–H groups in total. The van der Waals surface area contributed by atoms with E-state index in [0.29, 0.717) is 23.3 Å². The second-order valence-corrected chi connectivity index (χ2v) is 8.07. The average Bonchev–Trinajstić information content (AvgIpc) is 3.45. The summed E-state index contributed by atoms with van der Waals surface area (Å²) in [4.78, 5) is 40.2. The summed E-state index contributed by atoms with van der Waals surface area (Å²) in [5.41, 5.74) is 0.524. The largest absolute Gasteiger partial charge is 0.495 e. The van der Waals surface area contributed by atoms with Crippen LogP contribution in [0.3, 0.4) is 0 Å². The molecule has 3 fully saturated rings. The third kappa shape index (κ3) is 2.22. The third-order valence-electron chi connectivity index (χ3n) is 6.83. The van der Waals surface area contributed by atoms with Gasteiger partial charge in [0, 0.05) is 0 Å². The number of amides is 3. The van der Waals surface area contributed by atoms with Gasteiger partial charge in [-0.15, -0.1) is 0 Å². The van der Waals surface area contributed by atoms with E-state index in [2.05, 4.69) is 17.5 Å². The van der Waals surface area contributed by atoms with Gasteiger partial charge >= 0.3 is 0 Å². The summed E-state index contributed by atoms with van der Waals surface area (Å²) in [5, 5.41) is 2.79. The number of carbonyl (C=O) groups excluding carboxylic acids is 3. The second kappa shape index (κ2) is 5.68. The van der Waals surface area contributed by atoms with Crippen LogP contribution >= 0.6 is 0 Å². The predicted octanol–water partition coefficient (Wildman–Crippen LogP) is 2.08. The van der Waals surface area contributed by atoms with E-state index < -0.39 is 6.04 Å². The highest BCUT2D eigenvalue weighted by molar-refractivity contribution is 6.10. The van der Waals surface area contributed by atoms with Gasteiger partial charge < -0.3 is 10.1 Å². The number of benzene rings is 1. The molecule has 1 aliphatic heterocycles. The van der Waals surface area contributed by atoms with E-state index >= 15 is 0 Å². The summed E-state index contributed by atoms with van der Waals surface area (Å²) < 4.78 is 5.25. The van der Waals surface area contributed by atoms with Crippen LogP contribution in [0.4, 0.5) is 5.69 Å². The molecule has 1 aromatic carbocycles. The summed E-state index contributed by atoms with van der Waals surface area (Å²) in [6.45, 7) is 1.62. The van der Waals surface area contributed by atoms with Crippen LogP contribution in [0.5, 0.6) is 5.75 Å². The van der Waals surface area contributed by atoms with Crippen LogP contribution in [0.1, 0.15) is 13.3 Å². The smallest absolute Gasteiger partial charge is 0.247 e. The number of imide groups is 1. The molecule has 6 rings (SSSR count). The summed E-state index contributed by atoms with van der Waals surface area (Å²) in [6, 6.07) is 6.23. The lowest BCUT2D eigenvalue weighted by Gasteiger charge is -2.37. The maximum absolute atomic E-state index is 13.1. The number of nitrogens with zero attached hydrogens (tertiary/aromatic N) is 1. The van der Waals surface area contributed by atoms with Crippen molar-refractivity contribution in [3.8, 4) is 5.75 Å². The van der Waals surface area contributed by atoms with E-state index in [9.17, 15) is 14.4 Å². The van der Waals surface area contributed by atoms with Gasteiger partial charge in [-0.1, -0.05) is 24.3 Å². The SMILES string of the molecule is COc1ccccc1NC(=O)[C@H](C)N1C(=O)[C@@H]2[C@@H]3C=C[C@H]([C@H]4C[C@H]34)[C@@H]2C1=O. The zero-order valence-electron chi connectivity index (χ0n) is 15.3. The van der Waals surface area contributed by atoms with Gasteiger partial charge in [-0.25, -0.2) is 0 Å². The Hall–Kier alpha value is -2.63. The Morgan fingerprint density at radius 1 is 1.11 bits per heavy atom. The molecule has 2 bridgehead atoms. The van der Waals surface area contributed by atoms with Gasteiger partial charge in [0.25, 0.3) is 0 Å². The topological polar surface area (TPSA) is 75.7 Å². The van der Waals surface area contributed by atoms with Crippen LogP contribution in [0.15, 0.2) is 36.4 Å². The van der Waals surface area contributed by atoms with Crippen LogP contribution in [-0.2, 0) is 14.4 Å². The minimum absolute atomic E-state index is 0.163. The lowest BCUT2D eigenvalue weighted by Crippen LogP contribution is -2.46. The molecule has 0 spiro atoms. The first kappa shape index (κ1) is 16.5. The maximum Gasteiger partial charge on any atom is 0.247 e. The average molecular weight is 366 g/mol. The van der Waals surface area contributed by atoms with Gasteiger partial charge in [-0.05, 0) is 49.1 Å². The first-order valence-corrected chi connectivity index (χ1v) is 9.52. The molecule has 1 saturated heterocycles. The molecule has 3 amide bonds. The van der Waals surface area contributed by atoms with Crippen molar-refractivity contribution in [2.24, 2.45) is 35.5 Å². The highest BCUT2D eigenvalue weighted by Gasteiger charge is 2.67. The Bertz CT molecular complexity index is 843. The fourth-order valence-electron chi connectivity index (χ4n) is 5.46. The van der Waals surface area contributed by atoms with Crippen molar-refractivity contribution in [1.82, 2.24) is 4.90 Å². The molecule has 6 heteroatoms. The monoisotopic (exact) mass is 366 g/mol. The number of ether oxygens (including phenoxy) is 1. The van der Waals surface area contributed by atoms with Crippen LogP contribution in [0.2, 0.25) is 0 Å². The molecular weight excluding hydrogens is 344 g/mol.